The molecule has 0 radical (unpaired) electrons. The Kier molecular flexibility index (Phi) is 15.5. The van der Waals surface area contributed by atoms with Gasteiger partial charge < -0.3 is 62.7 Å². The molecule has 6 aliphatic heterocycles. The molecule has 2 bridgehead atoms. The van der Waals surface area contributed by atoms with E-state index in [4.69, 9.17) is 47.4 Å². The third kappa shape index (κ3) is 9.83. The maximum atomic E-state index is 14.4. The standard InChI is InChI=1S/C48H76O14/c1-11-25(2)43-28(5)17-18-47(62-43)23-34-20-33(61-47)16-15-27(4)42(26(3)13-12-14-32-24-55-45-40(49)29(6)19-35(46(51)58-34)48(32,45)52)59-39-22-37(54-10)44(31(8)57-39)60-38-21-36(53-9)41(50)30(7)56-38/h12-15,25-26,28-31,33-45,49-50,52H,11,16-24H2,1-10H3/b13-12+,27-15+,32-14+/t25-,26-,28-,29?,30-,31-,33+,34-,35-,36-,37-,38-,39-,40+,41-,42-,43+,44-,45+,47+,48+/m0/s1. The maximum Gasteiger partial charge on any atom is 0.312 e. The summed E-state index contributed by atoms with van der Waals surface area (Å²) in [7, 11) is 3.23. The van der Waals surface area contributed by atoms with E-state index in [-0.39, 0.29) is 43.2 Å². The molecule has 0 aromatic carbocycles. The number of allylic oxidation sites excluding steroid dienone is 2. The van der Waals surface area contributed by atoms with Crippen molar-refractivity contribution in [2.45, 2.75) is 210 Å². The Balaban J connectivity index is 1.17. The Labute approximate surface area is 368 Å². The third-order valence-electron chi connectivity index (χ3n) is 15.3. The van der Waals surface area contributed by atoms with Gasteiger partial charge in [0, 0.05) is 52.2 Å². The molecule has 21 atom stereocenters. The van der Waals surface area contributed by atoms with Gasteiger partial charge in [-0.05, 0) is 68.9 Å². The molecule has 3 N–H and O–H groups in total. The Morgan fingerprint density at radius 2 is 1.60 bits per heavy atom. The highest BCUT2D eigenvalue weighted by Gasteiger charge is 2.62. The number of carbonyl (C=O) groups is 1. The summed E-state index contributed by atoms with van der Waals surface area (Å²) in [5.41, 5.74) is -0.233. The number of methoxy groups -OCH3 is 2. The average molecular weight is 877 g/mol. The number of rotatable bonds is 8. The lowest BCUT2D eigenvalue weighted by Crippen LogP contribution is -2.61. The molecule has 0 aromatic rings. The number of carbonyl (C=O) groups excluding carboxylic acids is 1. The minimum absolute atomic E-state index is 0.00243. The van der Waals surface area contributed by atoms with Gasteiger partial charge in [-0.1, -0.05) is 65.3 Å². The summed E-state index contributed by atoms with van der Waals surface area (Å²) in [5.74, 6) is -2.11. The summed E-state index contributed by atoms with van der Waals surface area (Å²) >= 11 is 0. The SMILES string of the molecule is CC[C@H](C)[C@H]1O[C@]2(CC[C@@H]1C)C[C@@H]1C[C@@H](C/C=C(\C)[C@@H](O[C@H]3C[C@H](OC)[C@@H](O[C@H]4C[C@H](OC)[C@@H](O)[C@H](C)O4)[C@H](C)O3)[C@@H](C)/C=C/C=C3\CO[C@@H]4[C@H](O)C(C)C[C@@H](C(=O)O1)[C@]34O)O2. The molecule has 1 unspecified atom stereocenters. The summed E-state index contributed by atoms with van der Waals surface area (Å²) in [6.07, 6.45) is 5.62. The number of aliphatic hydroxyl groups is 3. The van der Waals surface area contributed by atoms with E-state index in [2.05, 4.69) is 40.7 Å². The van der Waals surface area contributed by atoms with Crippen molar-refractivity contribution in [2.75, 3.05) is 20.8 Å². The molecule has 1 aliphatic carbocycles. The summed E-state index contributed by atoms with van der Waals surface area (Å²) in [4.78, 5) is 14.4. The fraction of sp³-hybridized carbons (Fsp3) is 0.854. The predicted octanol–water partition coefficient (Wildman–Crippen LogP) is 5.68. The van der Waals surface area contributed by atoms with Crippen LogP contribution in [0.3, 0.4) is 0 Å². The van der Waals surface area contributed by atoms with Crippen LogP contribution in [0.5, 0.6) is 0 Å². The van der Waals surface area contributed by atoms with Crippen LogP contribution in [0.15, 0.2) is 35.5 Å². The average Bonchev–Trinajstić information content (AvgIpc) is 3.58. The van der Waals surface area contributed by atoms with Crippen LogP contribution in [0.1, 0.15) is 113 Å². The molecule has 5 saturated heterocycles. The van der Waals surface area contributed by atoms with E-state index < -0.39 is 90.8 Å². The minimum atomic E-state index is -1.75. The van der Waals surface area contributed by atoms with Gasteiger partial charge in [0.25, 0.3) is 0 Å². The van der Waals surface area contributed by atoms with Gasteiger partial charge in [0.2, 0.25) is 0 Å². The van der Waals surface area contributed by atoms with E-state index in [9.17, 15) is 20.1 Å². The van der Waals surface area contributed by atoms with Crippen LogP contribution in [0.2, 0.25) is 0 Å². The summed E-state index contributed by atoms with van der Waals surface area (Å²) in [5, 5.41) is 34.4. The first-order chi connectivity index (χ1) is 29.5. The second-order valence-electron chi connectivity index (χ2n) is 19.8. The van der Waals surface area contributed by atoms with Crippen molar-refractivity contribution < 1.29 is 67.5 Å². The molecule has 14 heteroatoms. The molecule has 352 valence electrons. The number of hydrogen-bond acceptors (Lipinski definition) is 14. The third-order valence-corrected chi connectivity index (χ3v) is 15.3. The van der Waals surface area contributed by atoms with E-state index in [1.807, 2.05) is 32.1 Å². The van der Waals surface area contributed by atoms with Gasteiger partial charge in [0.1, 0.15) is 30.0 Å². The summed E-state index contributed by atoms with van der Waals surface area (Å²) in [6, 6.07) is 0. The van der Waals surface area contributed by atoms with Gasteiger partial charge in [0.15, 0.2) is 18.4 Å². The monoisotopic (exact) mass is 877 g/mol. The number of fused-ring (bicyclic) bond motifs is 2. The second kappa shape index (κ2) is 20.0. The molecule has 62 heavy (non-hydrogen) atoms. The van der Waals surface area contributed by atoms with Crippen LogP contribution >= 0.6 is 0 Å². The van der Waals surface area contributed by atoms with Crippen molar-refractivity contribution in [3.05, 3.63) is 35.5 Å². The van der Waals surface area contributed by atoms with Crippen LogP contribution < -0.4 is 0 Å². The minimum Gasteiger partial charge on any atom is -0.462 e. The Hall–Kier alpha value is -1.79. The molecule has 1 saturated carbocycles. The number of hydrogen-bond donors (Lipinski definition) is 3. The lowest BCUT2D eigenvalue weighted by Gasteiger charge is -2.51. The quantitative estimate of drug-likeness (QED) is 0.201. The first kappa shape index (κ1) is 48.2. The van der Waals surface area contributed by atoms with E-state index in [0.717, 1.165) is 18.4 Å². The normalized spacial score (nSPS) is 50.7. The number of ether oxygens (including phenoxy) is 10. The molecule has 6 fully saturated rings. The zero-order chi connectivity index (χ0) is 44.7. The molecule has 1 spiro atoms. The van der Waals surface area contributed by atoms with Gasteiger partial charge in [-0.25, -0.2) is 0 Å². The zero-order valence-corrected chi connectivity index (χ0v) is 38.7. The lowest BCUT2D eigenvalue weighted by atomic mass is 9.66. The fourth-order valence-electron chi connectivity index (χ4n) is 11.3. The Morgan fingerprint density at radius 3 is 2.32 bits per heavy atom. The first-order valence-electron chi connectivity index (χ1n) is 23.5. The van der Waals surface area contributed by atoms with E-state index in [0.29, 0.717) is 55.9 Å². The molecule has 7 rings (SSSR count). The smallest absolute Gasteiger partial charge is 0.312 e. The highest BCUT2D eigenvalue weighted by molar-refractivity contribution is 5.76. The molecule has 0 aromatic heterocycles. The molecular formula is C48H76O14. The molecular weight excluding hydrogens is 801 g/mol. The van der Waals surface area contributed by atoms with Crippen LogP contribution in [-0.4, -0.2) is 139 Å². The van der Waals surface area contributed by atoms with Gasteiger partial charge in [-0.2, -0.15) is 0 Å². The molecule has 7 aliphatic rings. The highest BCUT2D eigenvalue weighted by atomic mass is 16.7. The fourth-order valence-corrected chi connectivity index (χ4v) is 11.3. The van der Waals surface area contributed by atoms with Crippen molar-refractivity contribution in [1.82, 2.24) is 0 Å². The van der Waals surface area contributed by atoms with Gasteiger partial charge in [-0.15, -0.1) is 0 Å². The predicted molar refractivity (Wildman–Crippen MR) is 227 cm³/mol. The topological polar surface area (TPSA) is 170 Å². The van der Waals surface area contributed by atoms with Crippen molar-refractivity contribution in [3.8, 4) is 0 Å². The summed E-state index contributed by atoms with van der Waals surface area (Å²) in [6.45, 7) is 16.5. The zero-order valence-electron chi connectivity index (χ0n) is 38.7. The van der Waals surface area contributed by atoms with Crippen molar-refractivity contribution in [2.24, 2.45) is 29.6 Å². The van der Waals surface area contributed by atoms with Crippen molar-refractivity contribution in [3.63, 3.8) is 0 Å². The Bertz CT molecular complexity index is 1610. The van der Waals surface area contributed by atoms with E-state index in [1.165, 1.54) is 0 Å². The van der Waals surface area contributed by atoms with Crippen LogP contribution in [0.4, 0.5) is 0 Å². The van der Waals surface area contributed by atoms with Crippen molar-refractivity contribution >= 4 is 5.97 Å². The summed E-state index contributed by atoms with van der Waals surface area (Å²) < 4.78 is 64.1. The Morgan fingerprint density at radius 1 is 0.887 bits per heavy atom. The van der Waals surface area contributed by atoms with Crippen LogP contribution in [0, 0.1) is 29.6 Å². The van der Waals surface area contributed by atoms with Crippen molar-refractivity contribution in [1.29, 1.82) is 0 Å². The molecule has 0 amide bonds. The van der Waals surface area contributed by atoms with E-state index >= 15 is 0 Å². The number of esters is 1. The van der Waals surface area contributed by atoms with Crippen LogP contribution in [-0.2, 0) is 52.2 Å². The number of aliphatic hydroxyl groups excluding tert-OH is 2. The molecule has 14 nitrogen and oxygen atoms in total. The second-order valence-corrected chi connectivity index (χ2v) is 19.8. The van der Waals surface area contributed by atoms with Gasteiger partial charge in [0.05, 0.1) is 61.4 Å². The largest absolute Gasteiger partial charge is 0.462 e. The lowest BCUT2D eigenvalue weighted by molar-refractivity contribution is -0.341. The first-order valence-corrected chi connectivity index (χ1v) is 23.5. The molecule has 6 heterocycles. The highest BCUT2D eigenvalue weighted by Crippen LogP contribution is 2.50. The van der Waals surface area contributed by atoms with E-state index in [1.54, 1.807) is 21.1 Å². The maximum absolute atomic E-state index is 14.4. The van der Waals surface area contributed by atoms with Crippen LogP contribution in [0.25, 0.3) is 0 Å². The van der Waals surface area contributed by atoms with Gasteiger partial charge >= 0.3 is 5.97 Å². The van der Waals surface area contributed by atoms with Gasteiger partial charge in [-0.3, -0.25) is 4.79 Å².